The summed E-state index contributed by atoms with van der Waals surface area (Å²) in [4.78, 5) is 0. The van der Waals surface area contributed by atoms with Crippen LogP contribution in [0.5, 0.6) is 5.75 Å². The van der Waals surface area contributed by atoms with Gasteiger partial charge in [-0.05, 0) is 48.3 Å². The Morgan fingerprint density at radius 2 is 2.00 bits per heavy atom. The van der Waals surface area contributed by atoms with Gasteiger partial charge in [-0.15, -0.1) is 0 Å². The molecule has 5 heteroatoms. The lowest BCUT2D eigenvalue weighted by atomic mass is 9.95. The highest BCUT2D eigenvalue weighted by Gasteiger charge is 2.31. The molecule has 1 unspecified atom stereocenters. The number of hydrogen-bond acceptors (Lipinski definition) is 2. The number of alkyl halides is 3. The van der Waals surface area contributed by atoms with E-state index in [0.717, 1.165) is 12.5 Å². The zero-order valence-electron chi connectivity index (χ0n) is 11.1. The van der Waals surface area contributed by atoms with Crippen LogP contribution in [0, 0.1) is 0 Å². The van der Waals surface area contributed by atoms with Gasteiger partial charge in [0.25, 0.3) is 0 Å². The summed E-state index contributed by atoms with van der Waals surface area (Å²) in [5.74, 6) is 1.17. The van der Waals surface area contributed by atoms with Crippen LogP contribution >= 0.6 is 12.6 Å². The molecule has 0 spiro atoms. The average Bonchev–Trinajstić information content (AvgIpc) is 2.35. The minimum atomic E-state index is -4.32. The van der Waals surface area contributed by atoms with Gasteiger partial charge in [0.1, 0.15) is 5.75 Å². The second-order valence-electron chi connectivity index (χ2n) is 4.51. The third kappa shape index (κ3) is 4.64. The van der Waals surface area contributed by atoms with Crippen molar-refractivity contribution in [3.05, 3.63) is 29.3 Å². The first-order valence-corrected chi connectivity index (χ1v) is 6.98. The van der Waals surface area contributed by atoms with Crippen molar-refractivity contribution in [2.45, 2.75) is 38.8 Å². The lowest BCUT2D eigenvalue weighted by Gasteiger charge is -2.18. The maximum Gasteiger partial charge on any atom is 0.416 e. The van der Waals surface area contributed by atoms with Crippen molar-refractivity contribution in [1.29, 1.82) is 0 Å². The molecule has 0 aromatic heterocycles. The van der Waals surface area contributed by atoms with Crippen molar-refractivity contribution in [1.82, 2.24) is 0 Å². The first-order valence-electron chi connectivity index (χ1n) is 6.35. The van der Waals surface area contributed by atoms with E-state index >= 15 is 0 Å². The Kier molecular flexibility index (Phi) is 6.04. The number of halogens is 3. The number of ether oxygens (including phenoxy) is 1. The van der Waals surface area contributed by atoms with E-state index in [1.165, 1.54) is 12.1 Å². The van der Waals surface area contributed by atoms with Gasteiger partial charge in [0.2, 0.25) is 0 Å². The van der Waals surface area contributed by atoms with Gasteiger partial charge in [-0.3, -0.25) is 0 Å². The molecular weight excluding hydrogens is 273 g/mol. The summed E-state index contributed by atoms with van der Waals surface area (Å²) in [6.07, 6.45) is -2.78. The molecule has 1 rings (SSSR count). The average molecular weight is 292 g/mol. The molecule has 0 saturated carbocycles. The van der Waals surface area contributed by atoms with Crippen LogP contribution in [0.3, 0.4) is 0 Å². The van der Waals surface area contributed by atoms with E-state index in [0.29, 0.717) is 30.1 Å². The fraction of sp³-hybridized carbons (Fsp3) is 0.571. The van der Waals surface area contributed by atoms with E-state index in [9.17, 15) is 13.2 Å². The van der Waals surface area contributed by atoms with Crippen molar-refractivity contribution >= 4 is 12.6 Å². The number of thiol groups is 1. The van der Waals surface area contributed by atoms with Gasteiger partial charge in [-0.25, -0.2) is 0 Å². The quantitative estimate of drug-likeness (QED) is 0.732. The Morgan fingerprint density at radius 3 is 2.53 bits per heavy atom. The monoisotopic (exact) mass is 292 g/mol. The smallest absolute Gasteiger partial charge is 0.416 e. The highest BCUT2D eigenvalue weighted by atomic mass is 32.1. The number of benzene rings is 1. The van der Waals surface area contributed by atoms with E-state index in [-0.39, 0.29) is 5.92 Å². The topological polar surface area (TPSA) is 9.23 Å². The van der Waals surface area contributed by atoms with Crippen molar-refractivity contribution in [3.63, 3.8) is 0 Å². The number of hydrogen-bond donors (Lipinski definition) is 1. The largest absolute Gasteiger partial charge is 0.493 e. The molecule has 108 valence electrons. The summed E-state index contributed by atoms with van der Waals surface area (Å²) in [7, 11) is 0. The fourth-order valence-corrected chi connectivity index (χ4v) is 2.19. The van der Waals surface area contributed by atoms with Crippen LogP contribution < -0.4 is 4.74 Å². The van der Waals surface area contributed by atoms with Crippen molar-refractivity contribution in [3.8, 4) is 5.75 Å². The van der Waals surface area contributed by atoms with Gasteiger partial charge in [-0.1, -0.05) is 13.8 Å². The van der Waals surface area contributed by atoms with Crippen LogP contribution in [0.1, 0.15) is 43.7 Å². The fourth-order valence-electron chi connectivity index (χ4n) is 1.80. The van der Waals surface area contributed by atoms with Crippen LogP contribution in [0.25, 0.3) is 0 Å². The summed E-state index contributed by atoms with van der Waals surface area (Å²) in [5.41, 5.74) is -0.0188. The minimum Gasteiger partial charge on any atom is -0.493 e. The summed E-state index contributed by atoms with van der Waals surface area (Å²) in [6.45, 7) is 4.36. The van der Waals surface area contributed by atoms with Gasteiger partial charge < -0.3 is 4.74 Å². The first-order chi connectivity index (χ1) is 8.90. The maximum absolute atomic E-state index is 12.7. The SMILES string of the molecule is CCCOc1ccc(C(F)(F)F)cc1C(C)CCS. The van der Waals surface area contributed by atoms with Gasteiger partial charge in [-0.2, -0.15) is 25.8 Å². The summed E-state index contributed by atoms with van der Waals surface area (Å²) >= 11 is 4.13. The van der Waals surface area contributed by atoms with Crippen molar-refractivity contribution in [2.24, 2.45) is 0 Å². The molecule has 0 saturated heterocycles. The Morgan fingerprint density at radius 1 is 1.32 bits per heavy atom. The highest BCUT2D eigenvalue weighted by molar-refractivity contribution is 7.80. The van der Waals surface area contributed by atoms with Gasteiger partial charge in [0.15, 0.2) is 0 Å². The maximum atomic E-state index is 12.7. The van der Waals surface area contributed by atoms with Crippen LogP contribution in [0.15, 0.2) is 18.2 Å². The summed E-state index contributed by atoms with van der Waals surface area (Å²) in [5, 5.41) is 0. The molecule has 0 aliphatic heterocycles. The molecule has 0 fully saturated rings. The molecule has 19 heavy (non-hydrogen) atoms. The Hall–Kier alpha value is -0.840. The summed E-state index contributed by atoms with van der Waals surface area (Å²) < 4.78 is 43.8. The zero-order chi connectivity index (χ0) is 14.5. The lowest BCUT2D eigenvalue weighted by Crippen LogP contribution is -2.09. The Balaban J connectivity index is 3.10. The predicted molar refractivity (Wildman–Crippen MR) is 74.1 cm³/mol. The third-order valence-electron chi connectivity index (χ3n) is 2.89. The molecule has 1 atom stereocenters. The minimum absolute atomic E-state index is 0.00773. The standard InChI is InChI=1S/C14H19F3OS/c1-3-7-18-13-5-4-11(14(15,16)17)9-12(13)10(2)6-8-19/h4-5,9-10,19H,3,6-8H2,1-2H3. The molecule has 0 heterocycles. The van der Waals surface area contributed by atoms with E-state index in [2.05, 4.69) is 12.6 Å². The first kappa shape index (κ1) is 16.2. The van der Waals surface area contributed by atoms with Gasteiger partial charge in [0.05, 0.1) is 12.2 Å². The highest BCUT2D eigenvalue weighted by Crippen LogP contribution is 2.36. The third-order valence-corrected chi connectivity index (χ3v) is 3.15. The zero-order valence-corrected chi connectivity index (χ0v) is 12.0. The van der Waals surface area contributed by atoms with Gasteiger partial charge >= 0.3 is 6.18 Å². The lowest BCUT2D eigenvalue weighted by molar-refractivity contribution is -0.137. The molecule has 1 aromatic carbocycles. The second kappa shape index (κ2) is 7.08. The second-order valence-corrected chi connectivity index (χ2v) is 4.96. The molecule has 0 amide bonds. The molecule has 1 nitrogen and oxygen atoms in total. The predicted octanol–water partition coefficient (Wildman–Crippen LogP) is 4.92. The molecular formula is C14H19F3OS. The van der Waals surface area contributed by atoms with E-state index < -0.39 is 11.7 Å². The Bertz CT molecular complexity index is 404. The van der Waals surface area contributed by atoms with Crippen LogP contribution in [0.2, 0.25) is 0 Å². The van der Waals surface area contributed by atoms with Crippen LogP contribution in [-0.4, -0.2) is 12.4 Å². The normalized spacial score (nSPS) is 13.4. The molecule has 0 aliphatic rings. The molecule has 1 aromatic rings. The van der Waals surface area contributed by atoms with Crippen LogP contribution in [-0.2, 0) is 6.18 Å². The van der Waals surface area contributed by atoms with Crippen molar-refractivity contribution < 1.29 is 17.9 Å². The molecule has 0 bridgehead atoms. The number of rotatable bonds is 6. The molecule has 0 aliphatic carbocycles. The van der Waals surface area contributed by atoms with Gasteiger partial charge in [0, 0.05) is 0 Å². The van der Waals surface area contributed by atoms with Crippen molar-refractivity contribution in [2.75, 3.05) is 12.4 Å². The van der Waals surface area contributed by atoms with E-state index in [4.69, 9.17) is 4.74 Å². The molecule has 0 radical (unpaired) electrons. The Labute approximate surface area is 117 Å². The van der Waals surface area contributed by atoms with Crippen LogP contribution in [0.4, 0.5) is 13.2 Å². The van der Waals surface area contributed by atoms with E-state index in [1.807, 2.05) is 13.8 Å². The summed E-state index contributed by atoms with van der Waals surface area (Å²) in [6, 6.07) is 3.68. The molecule has 0 N–H and O–H groups in total. The van der Waals surface area contributed by atoms with E-state index in [1.54, 1.807) is 0 Å².